The van der Waals surface area contributed by atoms with Crippen molar-refractivity contribution in [2.45, 2.75) is 6.92 Å². The van der Waals surface area contributed by atoms with Crippen molar-refractivity contribution in [1.82, 2.24) is 9.78 Å². The third-order valence-corrected chi connectivity index (χ3v) is 2.76. The Morgan fingerprint density at radius 1 is 1.17 bits per heavy atom. The maximum Gasteiger partial charge on any atom is 0.127 e. The molecule has 0 saturated heterocycles. The van der Waals surface area contributed by atoms with Gasteiger partial charge in [-0.1, -0.05) is 18.2 Å². The summed E-state index contributed by atoms with van der Waals surface area (Å²) in [4.78, 5) is 0. The highest BCUT2D eigenvalue weighted by molar-refractivity contribution is 5.63. The summed E-state index contributed by atoms with van der Waals surface area (Å²) in [6.45, 7) is 1.90. The Labute approximate surface area is 105 Å². The fraction of sp³-hybridized carbons (Fsp3) is 0.0714. The lowest BCUT2D eigenvalue weighted by atomic mass is 10.2. The fourth-order valence-electron chi connectivity index (χ4n) is 1.89. The number of hydrogen-bond donors (Lipinski definition) is 1. The van der Waals surface area contributed by atoms with Gasteiger partial charge >= 0.3 is 0 Å². The maximum absolute atomic E-state index is 5.99. The molecule has 2 heterocycles. The van der Waals surface area contributed by atoms with Gasteiger partial charge in [-0.25, -0.2) is 4.68 Å². The van der Waals surface area contributed by atoms with Crippen molar-refractivity contribution in [3.05, 3.63) is 54.5 Å². The van der Waals surface area contributed by atoms with E-state index >= 15 is 0 Å². The number of nitrogens with two attached hydrogens (primary N) is 1. The minimum atomic E-state index is 0.607. The number of benzene rings is 1. The second kappa shape index (κ2) is 4.07. The molecule has 0 radical (unpaired) electrons. The van der Waals surface area contributed by atoms with Gasteiger partial charge in [-0.05, 0) is 25.1 Å². The number of aryl methyl sites for hydroxylation is 1. The Morgan fingerprint density at radius 2 is 1.94 bits per heavy atom. The first-order chi connectivity index (χ1) is 8.74. The Hall–Kier alpha value is -2.49. The van der Waals surface area contributed by atoms with Crippen LogP contribution in [0.4, 0.5) is 5.82 Å². The Kier molecular flexibility index (Phi) is 2.41. The molecule has 3 aromatic rings. The summed E-state index contributed by atoms with van der Waals surface area (Å²) in [5.74, 6) is 1.47. The molecule has 0 bridgehead atoms. The summed E-state index contributed by atoms with van der Waals surface area (Å²) in [6.07, 6.45) is 1.69. The van der Waals surface area contributed by atoms with E-state index in [4.69, 9.17) is 10.2 Å². The third-order valence-electron chi connectivity index (χ3n) is 2.76. The van der Waals surface area contributed by atoms with Crippen LogP contribution in [0.3, 0.4) is 0 Å². The van der Waals surface area contributed by atoms with Gasteiger partial charge < -0.3 is 10.2 Å². The van der Waals surface area contributed by atoms with E-state index in [1.54, 1.807) is 10.9 Å². The fourth-order valence-corrected chi connectivity index (χ4v) is 1.89. The number of furan rings is 1. The number of nitrogen functional groups attached to an aromatic ring is 1. The number of aromatic nitrogens is 2. The monoisotopic (exact) mass is 239 g/mol. The molecule has 0 aliphatic carbocycles. The van der Waals surface area contributed by atoms with Crippen LogP contribution < -0.4 is 5.73 Å². The predicted molar refractivity (Wildman–Crippen MR) is 70.4 cm³/mol. The van der Waals surface area contributed by atoms with Gasteiger partial charge in [0.25, 0.3) is 0 Å². The molecule has 0 saturated carbocycles. The number of anilines is 1. The van der Waals surface area contributed by atoms with Gasteiger partial charge in [0.05, 0.1) is 11.4 Å². The highest BCUT2D eigenvalue weighted by Gasteiger charge is 2.10. The molecule has 4 nitrogen and oxygen atoms in total. The summed E-state index contributed by atoms with van der Waals surface area (Å²) in [5, 5.41) is 4.50. The average Bonchev–Trinajstić information content (AvgIpc) is 2.97. The third kappa shape index (κ3) is 1.78. The van der Waals surface area contributed by atoms with Gasteiger partial charge in [0.1, 0.15) is 17.8 Å². The van der Waals surface area contributed by atoms with Gasteiger partial charge in [-0.15, -0.1) is 0 Å². The van der Waals surface area contributed by atoms with E-state index in [9.17, 15) is 0 Å². The van der Waals surface area contributed by atoms with Crippen LogP contribution in [0.25, 0.3) is 16.9 Å². The molecule has 0 fully saturated rings. The zero-order chi connectivity index (χ0) is 12.5. The molecule has 1 aromatic carbocycles. The second-order valence-electron chi connectivity index (χ2n) is 4.15. The Morgan fingerprint density at radius 3 is 2.61 bits per heavy atom. The van der Waals surface area contributed by atoms with Crippen LogP contribution in [0.15, 0.2) is 53.1 Å². The van der Waals surface area contributed by atoms with Crippen LogP contribution in [-0.2, 0) is 0 Å². The second-order valence-corrected chi connectivity index (χ2v) is 4.15. The van der Waals surface area contributed by atoms with E-state index in [1.807, 2.05) is 49.4 Å². The van der Waals surface area contributed by atoms with Crippen LogP contribution in [0.1, 0.15) is 5.76 Å². The average molecular weight is 239 g/mol. The molecule has 0 spiro atoms. The van der Waals surface area contributed by atoms with Gasteiger partial charge in [-0.3, -0.25) is 0 Å². The molecule has 0 aliphatic rings. The van der Waals surface area contributed by atoms with Crippen molar-refractivity contribution < 1.29 is 4.42 Å². The molecular formula is C14H13N3O. The standard InChI is InChI=1S/C14H13N3O/c1-10-7-11(9-18-10)13-8-14(15)17(16-13)12-5-3-2-4-6-12/h2-9H,15H2,1H3. The summed E-state index contributed by atoms with van der Waals surface area (Å²) in [7, 11) is 0. The Balaban J connectivity index is 2.06. The first-order valence-corrected chi connectivity index (χ1v) is 5.70. The first-order valence-electron chi connectivity index (χ1n) is 5.70. The number of hydrogen-bond acceptors (Lipinski definition) is 3. The zero-order valence-corrected chi connectivity index (χ0v) is 10.00. The van der Waals surface area contributed by atoms with E-state index in [2.05, 4.69) is 5.10 Å². The molecular weight excluding hydrogens is 226 g/mol. The SMILES string of the molecule is Cc1cc(-c2cc(N)n(-c3ccccc3)n2)co1. The summed E-state index contributed by atoms with van der Waals surface area (Å²) in [6, 6.07) is 13.6. The zero-order valence-electron chi connectivity index (χ0n) is 10.00. The van der Waals surface area contributed by atoms with Crippen LogP contribution in [0, 0.1) is 6.92 Å². The molecule has 2 aromatic heterocycles. The van der Waals surface area contributed by atoms with Gasteiger partial charge in [0.15, 0.2) is 0 Å². The van der Waals surface area contributed by atoms with Crippen molar-refractivity contribution >= 4 is 5.82 Å². The highest BCUT2D eigenvalue weighted by Crippen LogP contribution is 2.24. The van der Waals surface area contributed by atoms with Crippen LogP contribution in [-0.4, -0.2) is 9.78 Å². The molecule has 2 N–H and O–H groups in total. The lowest BCUT2D eigenvalue weighted by molar-refractivity contribution is 0.535. The van der Waals surface area contributed by atoms with Crippen molar-refractivity contribution in [2.75, 3.05) is 5.73 Å². The van der Waals surface area contributed by atoms with E-state index < -0.39 is 0 Å². The molecule has 90 valence electrons. The molecule has 18 heavy (non-hydrogen) atoms. The smallest absolute Gasteiger partial charge is 0.127 e. The molecule has 0 atom stereocenters. The molecule has 0 amide bonds. The van der Waals surface area contributed by atoms with Crippen LogP contribution >= 0.6 is 0 Å². The van der Waals surface area contributed by atoms with Crippen LogP contribution in [0.2, 0.25) is 0 Å². The summed E-state index contributed by atoms with van der Waals surface area (Å²) in [5.41, 5.74) is 8.69. The van der Waals surface area contributed by atoms with Crippen molar-refractivity contribution in [3.8, 4) is 16.9 Å². The van der Waals surface area contributed by atoms with E-state index in [-0.39, 0.29) is 0 Å². The van der Waals surface area contributed by atoms with Gasteiger partial charge in [-0.2, -0.15) is 5.10 Å². The molecule has 4 heteroatoms. The largest absolute Gasteiger partial charge is 0.469 e. The summed E-state index contributed by atoms with van der Waals surface area (Å²) >= 11 is 0. The topological polar surface area (TPSA) is 57.0 Å². The lowest BCUT2D eigenvalue weighted by Crippen LogP contribution is -2.00. The number of rotatable bonds is 2. The van der Waals surface area contributed by atoms with Crippen molar-refractivity contribution in [1.29, 1.82) is 0 Å². The Bertz CT molecular complexity index is 667. The van der Waals surface area contributed by atoms with E-state index in [0.29, 0.717) is 5.82 Å². The van der Waals surface area contributed by atoms with E-state index in [1.165, 1.54) is 0 Å². The number of para-hydroxylation sites is 1. The minimum absolute atomic E-state index is 0.607. The highest BCUT2D eigenvalue weighted by atomic mass is 16.3. The normalized spacial score (nSPS) is 10.7. The molecule has 0 aliphatic heterocycles. The minimum Gasteiger partial charge on any atom is -0.469 e. The first kappa shape index (κ1) is 10.7. The van der Waals surface area contributed by atoms with Gasteiger partial charge in [0.2, 0.25) is 0 Å². The molecule has 3 rings (SSSR count). The quantitative estimate of drug-likeness (QED) is 0.747. The van der Waals surface area contributed by atoms with Gasteiger partial charge in [0, 0.05) is 11.6 Å². The number of nitrogens with zero attached hydrogens (tertiary/aromatic N) is 2. The van der Waals surface area contributed by atoms with Crippen molar-refractivity contribution in [3.63, 3.8) is 0 Å². The summed E-state index contributed by atoms with van der Waals surface area (Å²) < 4.78 is 7.00. The predicted octanol–water partition coefficient (Wildman–Crippen LogP) is 3.02. The molecule has 0 unspecified atom stereocenters. The van der Waals surface area contributed by atoms with Crippen molar-refractivity contribution in [2.24, 2.45) is 0 Å². The van der Waals surface area contributed by atoms with E-state index in [0.717, 1.165) is 22.7 Å². The maximum atomic E-state index is 5.99. The van der Waals surface area contributed by atoms with Crippen LogP contribution in [0.5, 0.6) is 0 Å². The lowest BCUT2D eigenvalue weighted by Gasteiger charge is -2.02.